The molecule has 14 heteroatoms. The Balaban J connectivity index is 3.01. The van der Waals surface area contributed by atoms with Crippen molar-refractivity contribution in [3.05, 3.63) is 29.8 Å². The van der Waals surface area contributed by atoms with E-state index in [-0.39, 0.29) is 47.7 Å². The van der Waals surface area contributed by atoms with Crippen molar-refractivity contribution in [2.75, 3.05) is 13.1 Å². The summed E-state index contributed by atoms with van der Waals surface area (Å²) in [4.78, 5) is 65.3. The number of nitrogens with zero attached hydrogens (tertiary/aromatic N) is 1. The van der Waals surface area contributed by atoms with Crippen molar-refractivity contribution in [2.45, 2.75) is 118 Å². The average molecular weight is 667 g/mol. The fourth-order valence-corrected chi connectivity index (χ4v) is 4.96. The van der Waals surface area contributed by atoms with E-state index in [1.807, 2.05) is 48.5 Å². The molecule has 7 N–H and O–H groups in total. The van der Waals surface area contributed by atoms with Gasteiger partial charge in [0.2, 0.25) is 35.6 Å². The number of halogens is 1. The van der Waals surface area contributed by atoms with E-state index in [0.717, 1.165) is 18.5 Å². The van der Waals surface area contributed by atoms with Crippen molar-refractivity contribution in [3.8, 4) is 0 Å². The maximum absolute atomic E-state index is 14.3. The van der Waals surface area contributed by atoms with Crippen LogP contribution >= 0.6 is 0 Å². The maximum atomic E-state index is 14.3. The molecule has 47 heavy (non-hydrogen) atoms. The Kier molecular flexibility index (Phi) is 17.9. The highest BCUT2D eigenvalue weighted by Crippen LogP contribution is 2.13. The molecule has 0 saturated heterocycles. The van der Waals surface area contributed by atoms with Gasteiger partial charge in [-0.3, -0.25) is 29.2 Å². The number of hydrogen-bond donors (Lipinski definition) is 7. The van der Waals surface area contributed by atoms with E-state index >= 15 is 0 Å². The normalized spacial score (nSPS) is 15.1. The van der Waals surface area contributed by atoms with Crippen molar-refractivity contribution >= 4 is 29.5 Å². The minimum atomic E-state index is -1.05. The van der Waals surface area contributed by atoms with Gasteiger partial charge < -0.3 is 31.9 Å². The number of pyridine rings is 1. The van der Waals surface area contributed by atoms with Gasteiger partial charge in [-0.05, 0) is 44.4 Å². The van der Waals surface area contributed by atoms with E-state index in [2.05, 4.69) is 31.9 Å². The molecule has 1 aromatic heterocycles. The van der Waals surface area contributed by atoms with E-state index in [4.69, 9.17) is 0 Å². The van der Waals surface area contributed by atoms with Crippen LogP contribution in [0.5, 0.6) is 0 Å². The maximum Gasteiger partial charge on any atom is 0.258 e. The molecule has 0 saturated carbocycles. The molecule has 0 bridgehead atoms. The van der Waals surface area contributed by atoms with Gasteiger partial charge >= 0.3 is 0 Å². The first kappa shape index (κ1) is 41.2. The Labute approximate surface area is 278 Å². The highest BCUT2D eigenvalue weighted by molar-refractivity contribution is 5.98. The first-order chi connectivity index (χ1) is 22.1. The summed E-state index contributed by atoms with van der Waals surface area (Å²) in [6, 6.07) is -2.57. The van der Waals surface area contributed by atoms with Crippen LogP contribution in [-0.2, 0) is 19.2 Å². The zero-order valence-electron chi connectivity index (χ0n) is 29.4. The number of carbonyl (C=O) groups excluding carboxylic acids is 5. The molecule has 1 rings (SSSR count). The lowest BCUT2D eigenvalue weighted by molar-refractivity contribution is -0.905. The van der Waals surface area contributed by atoms with Gasteiger partial charge in [0.1, 0.15) is 18.1 Å². The molecule has 0 aliphatic carbocycles. The number of likely N-dealkylation sites (N-methyl/N-ethyl adjacent to an activating group) is 1. The molecule has 0 aliphatic rings. The van der Waals surface area contributed by atoms with E-state index < -0.39 is 47.7 Å². The van der Waals surface area contributed by atoms with E-state index in [9.17, 15) is 33.6 Å². The molecular formula is C33H57FN7O6+. The van der Waals surface area contributed by atoms with Crippen LogP contribution in [0.3, 0.4) is 0 Å². The van der Waals surface area contributed by atoms with Gasteiger partial charge in [-0.2, -0.15) is 4.39 Å². The van der Waals surface area contributed by atoms with Crippen molar-refractivity contribution < 1.29 is 38.3 Å². The molecule has 0 aromatic carbocycles. The van der Waals surface area contributed by atoms with Gasteiger partial charge in [0.25, 0.3) is 12.1 Å². The number of carbonyl (C=O) groups is 5. The van der Waals surface area contributed by atoms with E-state index in [1.165, 1.54) is 0 Å². The van der Waals surface area contributed by atoms with Gasteiger partial charge in [-0.25, -0.2) is 0 Å². The van der Waals surface area contributed by atoms with Crippen molar-refractivity contribution in [3.63, 3.8) is 0 Å². The van der Waals surface area contributed by atoms with Crippen LogP contribution in [0, 0.1) is 23.6 Å². The molecule has 0 aliphatic heterocycles. The topological polar surface area (TPSA) is 182 Å². The predicted molar refractivity (Wildman–Crippen MR) is 176 cm³/mol. The Morgan fingerprint density at radius 2 is 1.51 bits per heavy atom. The van der Waals surface area contributed by atoms with Gasteiger partial charge in [0.05, 0.1) is 11.6 Å². The van der Waals surface area contributed by atoms with Crippen molar-refractivity contribution in [2.24, 2.45) is 17.8 Å². The van der Waals surface area contributed by atoms with Crippen LogP contribution in [0.4, 0.5) is 4.39 Å². The molecule has 0 spiro atoms. The van der Waals surface area contributed by atoms with Gasteiger partial charge in [0, 0.05) is 29.9 Å². The number of aromatic nitrogens is 1. The Hall–Kier alpha value is -3.81. The van der Waals surface area contributed by atoms with Crippen molar-refractivity contribution in [1.29, 1.82) is 0 Å². The first-order valence-corrected chi connectivity index (χ1v) is 16.7. The summed E-state index contributed by atoms with van der Waals surface area (Å²) in [5.41, 5.74) is -0.338. The zero-order valence-corrected chi connectivity index (χ0v) is 29.4. The van der Waals surface area contributed by atoms with Crippen LogP contribution in [-0.4, -0.2) is 78.0 Å². The lowest BCUT2D eigenvalue weighted by Crippen LogP contribution is -2.58. The first-order valence-electron chi connectivity index (χ1n) is 16.7. The van der Waals surface area contributed by atoms with Gasteiger partial charge in [-0.1, -0.05) is 61.3 Å². The van der Waals surface area contributed by atoms with E-state index in [1.54, 1.807) is 13.8 Å². The van der Waals surface area contributed by atoms with Gasteiger partial charge in [-0.15, -0.1) is 0 Å². The largest absolute Gasteiger partial charge is 0.355 e. The third kappa shape index (κ3) is 13.8. The Bertz CT molecular complexity index is 1200. The van der Waals surface area contributed by atoms with Crippen LogP contribution in [0.15, 0.2) is 18.5 Å². The monoisotopic (exact) mass is 666 g/mol. The third-order valence-electron chi connectivity index (χ3n) is 7.90. The van der Waals surface area contributed by atoms with Gasteiger partial charge in [0.15, 0.2) is 0 Å². The summed E-state index contributed by atoms with van der Waals surface area (Å²) in [7, 11) is 0. The van der Waals surface area contributed by atoms with E-state index in [0.29, 0.717) is 37.0 Å². The Morgan fingerprint density at radius 3 is 2.04 bits per heavy atom. The molecular weight excluding hydrogens is 609 g/mol. The second-order valence-corrected chi connectivity index (χ2v) is 12.9. The average Bonchev–Trinajstić information content (AvgIpc) is 2.99. The van der Waals surface area contributed by atoms with Crippen LogP contribution in [0.2, 0.25) is 0 Å². The number of rotatable bonds is 20. The summed E-state index contributed by atoms with van der Waals surface area (Å²) in [5.74, 6) is -3.61. The standard InChI is InChI=1S/C33H56FN7O6/c1-10-13-26(38-33(46)28(21(8)11-2)40-30(43)24-14-15-41(47)18-25(24)34)31(44)37-23(16-19(4)5)17-36-22(9)29(42)39-27(20(6)7)32(45)35-12-3/h14-15,18-23,26-28,36H,10-13,16-17H2,1-9H3,(H5-,35,37,38,39,40,42,43,44,45,46,47)/p+1/t21-,22-,23?,26-,27?,28?/m0/s1. The lowest BCUT2D eigenvalue weighted by atomic mass is 9.97. The number of hydrogen-bond acceptors (Lipinski definition) is 7. The van der Waals surface area contributed by atoms with Crippen LogP contribution in [0.1, 0.15) is 98.4 Å². The molecule has 0 radical (unpaired) electrons. The molecule has 266 valence electrons. The summed E-state index contributed by atoms with van der Waals surface area (Å²) in [5, 5.41) is 26.5. The third-order valence-corrected chi connectivity index (χ3v) is 7.90. The second kappa shape index (κ2) is 20.4. The molecule has 1 aromatic rings. The van der Waals surface area contributed by atoms with Crippen LogP contribution < -0.4 is 36.6 Å². The molecule has 13 nitrogen and oxygen atoms in total. The fraction of sp³-hybridized carbons (Fsp3) is 0.697. The number of amides is 5. The van der Waals surface area contributed by atoms with Crippen molar-refractivity contribution in [1.82, 2.24) is 31.9 Å². The second-order valence-electron chi connectivity index (χ2n) is 12.9. The summed E-state index contributed by atoms with van der Waals surface area (Å²) in [6.45, 7) is 17.4. The molecule has 6 atom stereocenters. The summed E-state index contributed by atoms with van der Waals surface area (Å²) >= 11 is 0. The minimum Gasteiger partial charge on any atom is -0.355 e. The Morgan fingerprint density at radius 1 is 0.851 bits per heavy atom. The highest BCUT2D eigenvalue weighted by Gasteiger charge is 2.32. The van der Waals surface area contributed by atoms with Crippen LogP contribution in [0.25, 0.3) is 0 Å². The highest BCUT2D eigenvalue weighted by atomic mass is 19.1. The summed E-state index contributed by atoms with van der Waals surface area (Å²) < 4.78 is 14.8. The quantitative estimate of drug-likeness (QED) is 0.0815. The minimum absolute atomic E-state index is 0.113. The predicted octanol–water partition coefficient (Wildman–Crippen LogP) is 1.57. The number of nitrogens with one attached hydrogen (secondary N) is 6. The lowest BCUT2D eigenvalue weighted by Gasteiger charge is -2.29. The summed E-state index contributed by atoms with van der Waals surface area (Å²) in [6.07, 6.45) is 3.86. The zero-order chi connectivity index (χ0) is 35.8. The SMILES string of the molecule is CCC[C@H](NC(=O)C(NC(=O)c1cc[n+](O)cc1F)[C@@H](C)CC)C(=O)NC(CN[C@@H](C)C(=O)NC(C(=O)NCC)C(C)C)CC(C)C. The molecule has 3 unspecified atom stereocenters. The molecule has 1 heterocycles. The smallest absolute Gasteiger partial charge is 0.258 e. The molecule has 0 fully saturated rings. The molecule has 5 amide bonds. The fourth-order valence-electron chi connectivity index (χ4n) is 4.96.